The summed E-state index contributed by atoms with van der Waals surface area (Å²) in [4.78, 5) is 49.5. The predicted molar refractivity (Wildman–Crippen MR) is 93.7 cm³/mol. The van der Waals surface area contributed by atoms with Crippen LogP contribution >= 0.6 is 7.82 Å². The van der Waals surface area contributed by atoms with Crippen molar-refractivity contribution in [3.63, 3.8) is 0 Å². The van der Waals surface area contributed by atoms with Crippen LogP contribution in [0.2, 0.25) is 0 Å². The summed E-state index contributed by atoms with van der Waals surface area (Å²) in [5.74, 6) is 0.136. The number of anilines is 1. The first-order chi connectivity index (χ1) is 12.2. The summed E-state index contributed by atoms with van der Waals surface area (Å²) < 4.78 is 14.8. The number of hydrogen-bond acceptors (Lipinski definition) is 5. The van der Waals surface area contributed by atoms with Gasteiger partial charge < -0.3 is 24.7 Å². The quantitative estimate of drug-likeness (QED) is 0.390. The Hall–Kier alpha value is -2.46. The topological polar surface area (TPSA) is 163 Å². The first-order valence-electron chi connectivity index (χ1n) is 7.56. The molecule has 2 aromatic rings. The van der Waals surface area contributed by atoms with Crippen molar-refractivity contribution in [3.8, 4) is 0 Å². The number of carbonyl (C=O) groups excluding carboxylic acids is 2. The minimum Gasteiger partial charge on any atom is -0.453 e. The van der Waals surface area contributed by atoms with Crippen molar-refractivity contribution in [2.45, 2.75) is 19.8 Å². The molecule has 5 N–H and O–H groups in total. The van der Waals surface area contributed by atoms with E-state index in [0.29, 0.717) is 17.6 Å². The molecule has 0 aliphatic rings. The van der Waals surface area contributed by atoms with Gasteiger partial charge in [0.15, 0.2) is 0 Å². The number of phosphoric acid groups is 1. The number of nitrogens with one attached hydrogen (secondary N) is 2. The van der Waals surface area contributed by atoms with E-state index in [1.54, 1.807) is 12.1 Å². The van der Waals surface area contributed by atoms with E-state index in [1.165, 1.54) is 11.7 Å². The van der Waals surface area contributed by atoms with Crippen molar-refractivity contribution in [1.29, 1.82) is 0 Å². The summed E-state index contributed by atoms with van der Waals surface area (Å²) in [5, 5.41) is 5.25. The van der Waals surface area contributed by atoms with Crippen molar-refractivity contribution < 1.29 is 33.6 Å². The minimum atomic E-state index is -4.64. The average molecular weight is 388 g/mol. The molecule has 0 bridgehead atoms. The molecule has 1 aromatic carbocycles. The van der Waals surface area contributed by atoms with Crippen molar-refractivity contribution in [1.82, 2.24) is 14.9 Å². The Balaban J connectivity index is 0.000000597. The van der Waals surface area contributed by atoms with Gasteiger partial charge in [0.1, 0.15) is 0 Å². The molecular formula is C14H21N4O7P. The van der Waals surface area contributed by atoms with E-state index in [2.05, 4.69) is 20.4 Å². The second-order valence-electron chi connectivity index (χ2n) is 4.97. The van der Waals surface area contributed by atoms with Crippen LogP contribution in [0.3, 0.4) is 0 Å². The van der Waals surface area contributed by atoms with Gasteiger partial charge in [-0.3, -0.25) is 5.32 Å². The largest absolute Gasteiger partial charge is 0.466 e. The summed E-state index contributed by atoms with van der Waals surface area (Å²) in [5.41, 5.74) is 1.24. The minimum absolute atomic E-state index is 0.136. The molecule has 0 aliphatic heterocycles. The van der Waals surface area contributed by atoms with Gasteiger partial charge in [-0.2, -0.15) is 0 Å². The molecule has 0 saturated heterocycles. The molecule has 0 atom stereocenters. The number of imidazole rings is 1. The third-order valence-electron chi connectivity index (χ3n) is 2.97. The van der Waals surface area contributed by atoms with E-state index in [4.69, 9.17) is 19.2 Å². The third-order valence-corrected chi connectivity index (χ3v) is 2.97. The van der Waals surface area contributed by atoms with Gasteiger partial charge >= 0.3 is 19.9 Å². The first-order valence-corrected chi connectivity index (χ1v) is 9.12. The van der Waals surface area contributed by atoms with Crippen LogP contribution in [0.15, 0.2) is 24.3 Å². The van der Waals surface area contributed by atoms with Crippen molar-refractivity contribution in [2.75, 3.05) is 19.0 Å². The van der Waals surface area contributed by atoms with E-state index in [9.17, 15) is 9.59 Å². The Kier molecular flexibility index (Phi) is 8.20. The van der Waals surface area contributed by atoms with Gasteiger partial charge in [-0.05, 0) is 18.6 Å². The highest BCUT2D eigenvalue weighted by molar-refractivity contribution is 7.45. The Morgan fingerprint density at radius 2 is 1.88 bits per heavy atom. The Morgan fingerprint density at radius 3 is 2.46 bits per heavy atom. The fourth-order valence-corrected chi connectivity index (χ4v) is 1.91. The number of unbranched alkanes of at least 4 members (excludes halogenated alkanes) is 1. The zero-order chi connectivity index (χ0) is 19.7. The standard InChI is InChI=1S/C14H18N4O3.H3O4P/c1-3-4-9-15-13(19)18-11-8-6-5-7-10(11)16-12(18)17-14(20)21-2;1-5(2,3)4/h5-8H,3-4,9H2,1-2H3,(H,15,19)(H,16,17,20);(H3,1,2,3,4). The second-order valence-corrected chi connectivity index (χ2v) is 6.00. The number of nitrogens with zero attached hydrogens (tertiary/aromatic N) is 2. The van der Waals surface area contributed by atoms with E-state index in [-0.39, 0.29) is 12.0 Å². The molecule has 2 rings (SSSR count). The number of aromatic nitrogens is 2. The molecular weight excluding hydrogens is 367 g/mol. The zero-order valence-electron chi connectivity index (χ0n) is 14.2. The maximum Gasteiger partial charge on any atom is 0.466 e. The molecule has 144 valence electrons. The maximum atomic E-state index is 12.3. The number of ether oxygens (including phenoxy) is 1. The highest BCUT2D eigenvalue weighted by Gasteiger charge is 2.18. The van der Waals surface area contributed by atoms with Gasteiger partial charge in [0.25, 0.3) is 0 Å². The molecule has 2 amide bonds. The number of carbonyl (C=O) groups is 2. The Bertz CT molecular complexity index is 793. The zero-order valence-corrected chi connectivity index (χ0v) is 15.1. The molecule has 0 saturated carbocycles. The molecule has 1 heterocycles. The molecule has 0 radical (unpaired) electrons. The average Bonchev–Trinajstić information content (AvgIpc) is 2.91. The van der Waals surface area contributed by atoms with E-state index < -0.39 is 13.9 Å². The van der Waals surface area contributed by atoms with Crippen LogP contribution in [0.4, 0.5) is 15.5 Å². The summed E-state index contributed by atoms with van der Waals surface area (Å²) in [6.45, 7) is 2.61. The van der Waals surface area contributed by atoms with Crippen LogP contribution in [0.1, 0.15) is 19.8 Å². The molecule has 1 aromatic heterocycles. The van der Waals surface area contributed by atoms with Crippen LogP contribution in [-0.4, -0.2) is 50.0 Å². The van der Waals surface area contributed by atoms with Gasteiger partial charge in [-0.25, -0.2) is 23.7 Å². The Morgan fingerprint density at radius 1 is 1.27 bits per heavy atom. The third kappa shape index (κ3) is 7.19. The molecule has 0 spiro atoms. The van der Waals surface area contributed by atoms with Gasteiger partial charge in [-0.1, -0.05) is 25.5 Å². The summed E-state index contributed by atoms with van der Waals surface area (Å²) >= 11 is 0. The number of para-hydroxylation sites is 2. The van der Waals surface area contributed by atoms with Gasteiger partial charge in [-0.15, -0.1) is 0 Å². The lowest BCUT2D eigenvalue weighted by atomic mass is 10.3. The van der Waals surface area contributed by atoms with Crippen LogP contribution in [0, 0.1) is 0 Å². The fraction of sp³-hybridized carbons (Fsp3) is 0.357. The van der Waals surface area contributed by atoms with Gasteiger partial charge in [0, 0.05) is 6.54 Å². The van der Waals surface area contributed by atoms with Gasteiger partial charge in [0.05, 0.1) is 18.1 Å². The van der Waals surface area contributed by atoms with Crippen LogP contribution in [0.25, 0.3) is 11.0 Å². The van der Waals surface area contributed by atoms with Crippen molar-refractivity contribution in [3.05, 3.63) is 24.3 Å². The second kappa shape index (κ2) is 9.88. The number of benzene rings is 1. The molecule has 11 nitrogen and oxygen atoms in total. The monoisotopic (exact) mass is 388 g/mol. The SMILES string of the molecule is CCCCNC(=O)n1c(NC(=O)OC)nc2ccccc21.O=P(O)(O)O. The molecule has 26 heavy (non-hydrogen) atoms. The maximum absolute atomic E-state index is 12.3. The fourth-order valence-electron chi connectivity index (χ4n) is 1.91. The number of rotatable bonds is 4. The Labute approximate surface area is 149 Å². The van der Waals surface area contributed by atoms with E-state index in [1.807, 2.05) is 19.1 Å². The lowest BCUT2D eigenvalue weighted by Crippen LogP contribution is -2.31. The predicted octanol–water partition coefficient (Wildman–Crippen LogP) is 1.64. The first kappa shape index (κ1) is 21.6. The number of methoxy groups -OCH3 is 1. The molecule has 12 heteroatoms. The lowest BCUT2D eigenvalue weighted by Gasteiger charge is -2.09. The van der Waals surface area contributed by atoms with Crippen LogP contribution in [-0.2, 0) is 9.30 Å². The molecule has 0 aliphatic carbocycles. The van der Waals surface area contributed by atoms with Gasteiger partial charge in [0.2, 0.25) is 5.95 Å². The van der Waals surface area contributed by atoms with E-state index >= 15 is 0 Å². The number of hydrogen-bond donors (Lipinski definition) is 5. The normalized spacial score (nSPS) is 10.7. The summed E-state index contributed by atoms with van der Waals surface area (Å²) in [6.07, 6.45) is 1.20. The summed E-state index contributed by atoms with van der Waals surface area (Å²) in [6, 6.07) is 6.83. The summed E-state index contributed by atoms with van der Waals surface area (Å²) in [7, 11) is -3.39. The molecule has 0 fully saturated rings. The van der Waals surface area contributed by atoms with Crippen LogP contribution < -0.4 is 10.6 Å². The molecule has 0 unspecified atom stereocenters. The van der Waals surface area contributed by atoms with Crippen molar-refractivity contribution in [2.24, 2.45) is 0 Å². The number of fused-ring (bicyclic) bond motifs is 1. The number of amides is 2. The highest BCUT2D eigenvalue weighted by Crippen LogP contribution is 2.25. The highest BCUT2D eigenvalue weighted by atomic mass is 31.2. The van der Waals surface area contributed by atoms with E-state index in [0.717, 1.165) is 12.8 Å². The smallest absolute Gasteiger partial charge is 0.453 e. The lowest BCUT2D eigenvalue weighted by molar-refractivity contribution is 0.186. The van der Waals surface area contributed by atoms with Crippen molar-refractivity contribution >= 4 is 36.9 Å². The van der Waals surface area contributed by atoms with Crippen LogP contribution in [0.5, 0.6) is 0 Å².